The molecule has 2 heterocycles. The molecule has 0 aromatic heterocycles. The van der Waals surface area contributed by atoms with Gasteiger partial charge < -0.3 is 10.6 Å². The van der Waals surface area contributed by atoms with Crippen molar-refractivity contribution in [3.8, 4) is 0 Å². The van der Waals surface area contributed by atoms with Gasteiger partial charge in [0.15, 0.2) is 0 Å². The van der Waals surface area contributed by atoms with Gasteiger partial charge in [0.1, 0.15) is 0 Å². The maximum atomic E-state index is 5.99. The Morgan fingerprint density at radius 3 is 2.00 bits per heavy atom. The fraction of sp³-hybridized carbons (Fsp3) is 1.00. The number of hydrogen-bond acceptors (Lipinski definition) is 3. The maximum absolute atomic E-state index is 5.99. The number of hydrogen-bond donors (Lipinski definition) is 1. The zero-order valence-electron chi connectivity index (χ0n) is 8.44. The summed E-state index contributed by atoms with van der Waals surface area (Å²) in [5, 5.41) is 0. The Labute approximate surface area is 86.7 Å². The lowest BCUT2D eigenvalue weighted by Crippen LogP contribution is -2.62. The summed E-state index contributed by atoms with van der Waals surface area (Å²) < 4.78 is 0. The average molecular weight is 206 g/mol. The van der Waals surface area contributed by atoms with Crippen LogP contribution in [0.2, 0.25) is 0 Å². The lowest BCUT2D eigenvalue weighted by atomic mass is 9.89. The van der Waals surface area contributed by atoms with Gasteiger partial charge >= 0.3 is 0 Å². The van der Waals surface area contributed by atoms with Crippen LogP contribution in [0.3, 0.4) is 0 Å². The van der Waals surface area contributed by atoms with Crippen molar-refractivity contribution in [3.63, 3.8) is 0 Å². The van der Waals surface area contributed by atoms with E-state index in [1.807, 2.05) is 0 Å². The predicted octanol–water partition coefficient (Wildman–Crippen LogP) is 0.144. The third-order valence-corrected chi connectivity index (χ3v) is 3.35. The number of likely N-dealkylation sites (tertiary alicyclic amines) is 1. The summed E-state index contributed by atoms with van der Waals surface area (Å²) in [5.74, 6) is 0. The molecule has 0 aromatic rings. The molecular weight excluding hydrogens is 186 g/mol. The molecule has 2 rings (SSSR count). The van der Waals surface area contributed by atoms with Gasteiger partial charge in [-0.15, -0.1) is 12.4 Å². The zero-order valence-corrected chi connectivity index (χ0v) is 9.26. The summed E-state index contributed by atoms with van der Waals surface area (Å²) in [6.45, 7) is 2.39. The van der Waals surface area contributed by atoms with Crippen LogP contribution in [0, 0.1) is 0 Å². The molecule has 2 saturated heterocycles. The van der Waals surface area contributed by atoms with E-state index in [0.717, 1.165) is 0 Å². The highest BCUT2D eigenvalue weighted by Crippen LogP contribution is 2.25. The second kappa shape index (κ2) is 4.13. The summed E-state index contributed by atoms with van der Waals surface area (Å²) in [5.41, 5.74) is 5.99. The van der Waals surface area contributed by atoms with E-state index in [1.54, 1.807) is 0 Å². The summed E-state index contributed by atoms with van der Waals surface area (Å²) >= 11 is 0. The van der Waals surface area contributed by atoms with E-state index in [9.17, 15) is 0 Å². The highest BCUT2D eigenvalue weighted by molar-refractivity contribution is 5.85. The molecule has 0 amide bonds. The van der Waals surface area contributed by atoms with Crippen LogP contribution in [-0.2, 0) is 0 Å². The van der Waals surface area contributed by atoms with Gasteiger partial charge in [0, 0.05) is 31.2 Å². The van der Waals surface area contributed by atoms with Crippen molar-refractivity contribution < 1.29 is 0 Å². The SMILES string of the molecule is CN1CC2CC(N)CC(C1)N2C.Cl. The maximum Gasteiger partial charge on any atom is 0.0238 e. The molecule has 13 heavy (non-hydrogen) atoms. The van der Waals surface area contributed by atoms with Crippen LogP contribution in [0.5, 0.6) is 0 Å². The first-order valence-corrected chi connectivity index (χ1v) is 4.83. The number of nitrogens with two attached hydrogens (primary N) is 1. The molecule has 0 aliphatic carbocycles. The van der Waals surface area contributed by atoms with Crippen molar-refractivity contribution in [1.29, 1.82) is 0 Å². The summed E-state index contributed by atoms with van der Waals surface area (Å²) in [6.07, 6.45) is 2.36. The van der Waals surface area contributed by atoms with Crippen LogP contribution in [-0.4, -0.2) is 55.1 Å². The van der Waals surface area contributed by atoms with Crippen molar-refractivity contribution in [2.45, 2.75) is 31.0 Å². The molecule has 2 atom stereocenters. The van der Waals surface area contributed by atoms with Gasteiger partial charge in [0.05, 0.1) is 0 Å². The summed E-state index contributed by atoms with van der Waals surface area (Å²) in [6, 6.07) is 1.86. The van der Waals surface area contributed by atoms with Crippen LogP contribution >= 0.6 is 12.4 Å². The van der Waals surface area contributed by atoms with Crippen LogP contribution < -0.4 is 5.73 Å². The lowest BCUT2D eigenvalue weighted by molar-refractivity contribution is 0.0141. The van der Waals surface area contributed by atoms with Gasteiger partial charge in [-0.05, 0) is 26.9 Å². The smallest absolute Gasteiger partial charge is 0.0238 e. The number of piperazine rings is 1. The normalized spacial score (nSPS) is 41.3. The number of halogens is 1. The number of nitrogens with zero attached hydrogens (tertiary/aromatic N) is 2. The van der Waals surface area contributed by atoms with Crippen molar-refractivity contribution in [3.05, 3.63) is 0 Å². The summed E-state index contributed by atoms with van der Waals surface area (Å²) in [7, 11) is 4.46. The molecule has 0 aromatic carbocycles. The topological polar surface area (TPSA) is 32.5 Å². The fourth-order valence-electron chi connectivity index (χ4n) is 2.63. The van der Waals surface area contributed by atoms with E-state index in [1.165, 1.54) is 25.9 Å². The van der Waals surface area contributed by atoms with Crippen LogP contribution in [0.15, 0.2) is 0 Å². The highest BCUT2D eigenvalue weighted by Gasteiger charge is 2.36. The predicted molar refractivity (Wildman–Crippen MR) is 57.3 cm³/mol. The molecule has 2 N–H and O–H groups in total. The van der Waals surface area contributed by atoms with Gasteiger partial charge in [-0.3, -0.25) is 4.90 Å². The van der Waals surface area contributed by atoms with Gasteiger partial charge in [-0.1, -0.05) is 0 Å². The van der Waals surface area contributed by atoms with Crippen molar-refractivity contribution >= 4 is 12.4 Å². The molecule has 3 nitrogen and oxygen atoms in total. The number of piperidine rings is 1. The quantitative estimate of drug-likeness (QED) is 0.611. The van der Waals surface area contributed by atoms with Gasteiger partial charge in [0.2, 0.25) is 0 Å². The fourth-order valence-corrected chi connectivity index (χ4v) is 2.63. The minimum Gasteiger partial charge on any atom is -0.328 e. The van der Waals surface area contributed by atoms with Crippen molar-refractivity contribution in [1.82, 2.24) is 9.80 Å². The molecule has 0 spiro atoms. The Hall–Kier alpha value is 0.170. The Morgan fingerprint density at radius 1 is 1.08 bits per heavy atom. The van der Waals surface area contributed by atoms with E-state index in [-0.39, 0.29) is 12.4 Å². The highest BCUT2D eigenvalue weighted by atomic mass is 35.5. The Balaban J connectivity index is 0.000000845. The van der Waals surface area contributed by atoms with E-state index in [4.69, 9.17) is 5.73 Å². The molecule has 2 bridgehead atoms. The van der Waals surface area contributed by atoms with Crippen LogP contribution in [0.1, 0.15) is 12.8 Å². The largest absolute Gasteiger partial charge is 0.328 e. The standard InChI is InChI=1S/C9H19N3.ClH/c1-11-5-8-3-7(10)4-9(6-11)12(8)2;/h7-9H,3-6,10H2,1-2H3;1H. The molecule has 2 unspecified atom stereocenters. The van der Waals surface area contributed by atoms with Gasteiger partial charge in [0.25, 0.3) is 0 Å². The molecule has 0 saturated carbocycles. The molecular formula is C9H20ClN3. The van der Waals surface area contributed by atoms with E-state index in [2.05, 4.69) is 23.9 Å². The van der Waals surface area contributed by atoms with E-state index in [0.29, 0.717) is 18.1 Å². The Bertz CT molecular complexity index is 146. The summed E-state index contributed by atoms with van der Waals surface area (Å²) in [4.78, 5) is 4.95. The Morgan fingerprint density at radius 2 is 1.54 bits per heavy atom. The van der Waals surface area contributed by atoms with Crippen LogP contribution in [0.25, 0.3) is 0 Å². The first-order chi connectivity index (χ1) is 5.66. The lowest BCUT2D eigenvalue weighted by Gasteiger charge is -2.49. The van der Waals surface area contributed by atoms with Gasteiger partial charge in [-0.2, -0.15) is 0 Å². The van der Waals surface area contributed by atoms with E-state index < -0.39 is 0 Å². The minimum absolute atomic E-state index is 0. The monoisotopic (exact) mass is 205 g/mol. The molecule has 2 aliphatic rings. The Kier molecular flexibility index (Phi) is 3.57. The average Bonchev–Trinajstić information content (AvgIpc) is 1.94. The molecule has 2 fully saturated rings. The third kappa shape index (κ3) is 2.15. The van der Waals surface area contributed by atoms with Gasteiger partial charge in [-0.25, -0.2) is 0 Å². The van der Waals surface area contributed by atoms with E-state index >= 15 is 0 Å². The van der Waals surface area contributed by atoms with Crippen LogP contribution in [0.4, 0.5) is 0 Å². The van der Waals surface area contributed by atoms with Crippen molar-refractivity contribution in [2.24, 2.45) is 5.73 Å². The second-order valence-electron chi connectivity index (χ2n) is 4.43. The molecule has 78 valence electrons. The first-order valence-electron chi connectivity index (χ1n) is 4.83. The molecule has 0 radical (unpaired) electrons. The molecule has 4 heteroatoms. The second-order valence-corrected chi connectivity index (χ2v) is 4.43. The first kappa shape index (κ1) is 11.2. The number of rotatable bonds is 0. The van der Waals surface area contributed by atoms with Crippen molar-refractivity contribution in [2.75, 3.05) is 27.2 Å². The minimum atomic E-state index is 0. The molecule has 2 aliphatic heterocycles. The third-order valence-electron chi connectivity index (χ3n) is 3.35. The zero-order chi connectivity index (χ0) is 8.72. The number of likely N-dealkylation sites (N-methyl/N-ethyl adjacent to an activating group) is 2. The number of fused-ring (bicyclic) bond motifs is 2.